The maximum atomic E-state index is 11.1. The molecular weight excluding hydrogens is 268 g/mol. The number of halogens is 1. The highest BCUT2D eigenvalue weighted by atomic mass is 79.9. The fraction of sp³-hybridized carbons (Fsp3) is 0.417. The van der Waals surface area contributed by atoms with Crippen LogP contribution in [0.15, 0.2) is 22.7 Å². The molecule has 1 amide bonds. The summed E-state index contributed by atoms with van der Waals surface area (Å²) in [5, 5.41) is 5.88. The SMILES string of the molecule is CCc1cc(Br)ccc1NCCC(=O)NC. The van der Waals surface area contributed by atoms with Gasteiger partial charge in [-0.15, -0.1) is 0 Å². The minimum absolute atomic E-state index is 0.0580. The molecule has 16 heavy (non-hydrogen) atoms. The third kappa shape index (κ3) is 3.85. The molecule has 0 aliphatic heterocycles. The number of aryl methyl sites for hydroxylation is 1. The molecule has 0 saturated heterocycles. The molecule has 0 heterocycles. The summed E-state index contributed by atoms with van der Waals surface area (Å²) in [4.78, 5) is 11.1. The predicted octanol–water partition coefficient (Wildman–Crippen LogP) is 2.56. The molecule has 1 aromatic carbocycles. The van der Waals surface area contributed by atoms with Crippen LogP contribution in [0.1, 0.15) is 18.9 Å². The van der Waals surface area contributed by atoms with E-state index in [1.54, 1.807) is 7.05 Å². The minimum atomic E-state index is 0.0580. The van der Waals surface area contributed by atoms with Gasteiger partial charge in [0.2, 0.25) is 5.91 Å². The van der Waals surface area contributed by atoms with Crippen molar-refractivity contribution in [2.75, 3.05) is 18.9 Å². The second-order valence-corrected chi connectivity index (χ2v) is 4.42. The van der Waals surface area contributed by atoms with E-state index in [0.29, 0.717) is 13.0 Å². The number of amides is 1. The number of rotatable bonds is 5. The van der Waals surface area contributed by atoms with Crippen molar-refractivity contribution in [3.63, 3.8) is 0 Å². The van der Waals surface area contributed by atoms with E-state index in [1.807, 2.05) is 12.1 Å². The molecule has 0 spiro atoms. The van der Waals surface area contributed by atoms with Gasteiger partial charge in [0.05, 0.1) is 0 Å². The second kappa shape index (κ2) is 6.53. The van der Waals surface area contributed by atoms with Crippen LogP contribution in [-0.4, -0.2) is 19.5 Å². The Hall–Kier alpha value is -1.03. The van der Waals surface area contributed by atoms with Gasteiger partial charge < -0.3 is 10.6 Å². The summed E-state index contributed by atoms with van der Waals surface area (Å²) in [6.45, 7) is 2.78. The lowest BCUT2D eigenvalue weighted by Gasteiger charge is -2.11. The zero-order valence-electron chi connectivity index (χ0n) is 9.64. The maximum Gasteiger partial charge on any atom is 0.221 e. The fourth-order valence-corrected chi connectivity index (χ4v) is 1.87. The summed E-state index contributed by atoms with van der Waals surface area (Å²) in [5.41, 5.74) is 2.36. The van der Waals surface area contributed by atoms with E-state index in [4.69, 9.17) is 0 Å². The molecule has 4 heteroatoms. The molecular formula is C12H17BrN2O. The van der Waals surface area contributed by atoms with Crippen LogP contribution in [-0.2, 0) is 11.2 Å². The van der Waals surface area contributed by atoms with Crippen LogP contribution in [0.4, 0.5) is 5.69 Å². The predicted molar refractivity (Wildman–Crippen MR) is 70.7 cm³/mol. The Balaban J connectivity index is 2.56. The molecule has 0 atom stereocenters. The molecule has 1 rings (SSSR count). The smallest absolute Gasteiger partial charge is 0.221 e. The Morgan fingerprint density at radius 2 is 2.19 bits per heavy atom. The van der Waals surface area contributed by atoms with Gasteiger partial charge >= 0.3 is 0 Å². The average molecular weight is 285 g/mol. The van der Waals surface area contributed by atoms with Gasteiger partial charge in [-0.3, -0.25) is 4.79 Å². The first-order valence-corrected chi connectivity index (χ1v) is 6.19. The van der Waals surface area contributed by atoms with Gasteiger partial charge in [-0.1, -0.05) is 22.9 Å². The number of nitrogens with one attached hydrogen (secondary N) is 2. The van der Waals surface area contributed by atoms with Gasteiger partial charge in [0.15, 0.2) is 0 Å². The summed E-state index contributed by atoms with van der Waals surface area (Å²) in [6.07, 6.45) is 1.47. The zero-order valence-corrected chi connectivity index (χ0v) is 11.2. The summed E-state index contributed by atoms with van der Waals surface area (Å²) in [5.74, 6) is 0.0580. The lowest BCUT2D eigenvalue weighted by Crippen LogP contribution is -2.21. The topological polar surface area (TPSA) is 41.1 Å². The highest BCUT2D eigenvalue weighted by Crippen LogP contribution is 2.21. The number of benzene rings is 1. The van der Waals surface area contributed by atoms with Crippen molar-refractivity contribution in [3.05, 3.63) is 28.2 Å². The quantitative estimate of drug-likeness (QED) is 0.873. The van der Waals surface area contributed by atoms with Crippen LogP contribution >= 0.6 is 15.9 Å². The molecule has 0 fully saturated rings. The van der Waals surface area contributed by atoms with Crippen molar-refractivity contribution in [1.29, 1.82) is 0 Å². The average Bonchev–Trinajstić information content (AvgIpc) is 2.30. The molecule has 0 saturated carbocycles. The lowest BCUT2D eigenvalue weighted by molar-refractivity contribution is -0.120. The fourth-order valence-electron chi connectivity index (χ4n) is 1.46. The first-order valence-electron chi connectivity index (χ1n) is 5.40. The largest absolute Gasteiger partial charge is 0.384 e. The van der Waals surface area contributed by atoms with Gasteiger partial charge in [-0.05, 0) is 30.2 Å². The summed E-state index contributed by atoms with van der Waals surface area (Å²) in [7, 11) is 1.65. The van der Waals surface area contributed by atoms with Crippen LogP contribution in [0, 0.1) is 0 Å². The number of carbonyl (C=O) groups is 1. The molecule has 2 N–H and O–H groups in total. The summed E-state index contributed by atoms with van der Waals surface area (Å²) < 4.78 is 1.08. The van der Waals surface area contributed by atoms with Crippen molar-refractivity contribution in [2.24, 2.45) is 0 Å². The van der Waals surface area contributed by atoms with E-state index in [2.05, 4.69) is 39.6 Å². The van der Waals surface area contributed by atoms with E-state index in [9.17, 15) is 4.79 Å². The maximum absolute atomic E-state index is 11.1. The van der Waals surface area contributed by atoms with Gasteiger partial charge in [0.25, 0.3) is 0 Å². The molecule has 0 unspecified atom stereocenters. The van der Waals surface area contributed by atoms with Gasteiger partial charge in [-0.2, -0.15) is 0 Å². The van der Waals surface area contributed by atoms with Crippen molar-refractivity contribution in [1.82, 2.24) is 5.32 Å². The molecule has 1 aromatic rings. The second-order valence-electron chi connectivity index (χ2n) is 3.50. The Morgan fingerprint density at radius 1 is 1.44 bits per heavy atom. The normalized spacial score (nSPS) is 9.94. The first-order chi connectivity index (χ1) is 7.67. The number of hydrogen-bond donors (Lipinski definition) is 2. The van der Waals surface area contributed by atoms with E-state index < -0.39 is 0 Å². The minimum Gasteiger partial charge on any atom is -0.384 e. The lowest BCUT2D eigenvalue weighted by atomic mass is 10.1. The van der Waals surface area contributed by atoms with Crippen molar-refractivity contribution >= 4 is 27.5 Å². The molecule has 88 valence electrons. The third-order valence-corrected chi connectivity index (χ3v) is 2.89. The first kappa shape index (κ1) is 13.0. The van der Waals surface area contributed by atoms with Gasteiger partial charge in [-0.25, -0.2) is 0 Å². The molecule has 0 radical (unpaired) electrons. The van der Waals surface area contributed by atoms with Crippen molar-refractivity contribution in [2.45, 2.75) is 19.8 Å². The van der Waals surface area contributed by atoms with E-state index in [-0.39, 0.29) is 5.91 Å². The zero-order chi connectivity index (χ0) is 12.0. The highest BCUT2D eigenvalue weighted by molar-refractivity contribution is 9.10. The number of carbonyl (C=O) groups excluding carboxylic acids is 1. The van der Waals surface area contributed by atoms with Crippen molar-refractivity contribution in [3.8, 4) is 0 Å². The van der Waals surface area contributed by atoms with E-state index >= 15 is 0 Å². The standard InChI is InChI=1S/C12H17BrN2O/c1-3-9-8-10(13)4-5-11(9)15-7-6-12(16)14-2/h4-5,8,15H,3,6-7H2,1-2H3,(H,14,16). The van der Waals surface area contributed by atoms with E-state index in [1.165, 1.54) is 5.56 Å². The highest BCUT2D eigenvalue weighted by Gasteiger charge is 2.02. The van der Waals surface area contributed by atoms with Gasteiger partial charge in [0, 0.05) is 30.2 Å². The molecule has 0 aromatic heterocycles. The van der Waals surface area contributed by atoms with Crippen LogP contribution in [0.25, 0.3) is 0 Å². The Bertz CT molecular complexity index is 366. The Kier molecular flexibility index (Phi) is 5.32. The molecule has 0 aliphatic rings. The molecule has 0 bridgehead atoms. The van der Waals surface area contributed by atoms with Crippen molar-refractivity contribution < 1.29 is 4.79 Å². The summed E-state index contributed by atoms with van der Waals surface area (Å²) in [6, 6.07) is 6.14. The van der Waals surface area contributed by atoms with Gasteiger partial charge in [0.1, 0.15) is 0 Å². The Morgan fingerprint density at radius 3 is 2.81 bits per heavy atom. The third-order valence-electron chi connectivity index (χ3n) is 2.39. The number of hydrogen-bond acceptors (Lipinski definition) is 2. The van der Waals surface area contributed by atoms with Crippen LogP contribution in [0.5, 0.6) is 0 Å². The van der Waals surface area contributed by atoms with Crippen LogP contribution in [0.3, 0.4) is 0 Å². The summed E-state index contributed by atoms with van der Waals surface area (Å²) >= 11 is 3.45. The molecule has 0 aliphatic carbocycles. The monoisotopic (exact) mass is 284 g/mol. The van der Waals surface area contributed by atoms with Crippen LogP contribution in [0.2, 0.25) is 0 Å². The van der Waals surface area contributed by atoms with Crippen LogP contribution < -0.4 is 10.6 Å². The Labute approximate surface area is 105 Å². The molecule has 3 nitrogen and oxygen atoms in total. The van der Waals surface area contributed by atoms with E-state index in [0.717, 1.165) is 16.6 Å². The number of anilines is 1.